The Kier molecular flexibility index (Phi) is 7.10. The number of alkyl halides is 1. The van der Waals surface area contributed by atoms with Gasteiger partial charge in [0.25, 0.3) is 0 Å². The zero-order valence-electron chi connectivity index (χ0n) is 10.4. The maximum absolute atomic E-state index is 11.9. The van der Waals surface area contributed by atoms with Crippen molar-refractivity contribution in [3.05, 3.63) is 0 Å². The van der Waals surface area contributed by atoms with Crippen molar-refractivity contribution in [3.63, 3.8) is 0 Å². The van der Waals surface area contributed by atoms with Crippen LogP contribution in [0.5, 0.6) is 0 Å². The van der Waals surface area contributed by atoms with Gasteiger partial charge in [0.1, 0.15) is 0 Å². The van der Waals surface area contributed by atoms with Crippen LogP contribution in [0, 0.1) is 5.92 Å². The van der Waals surface area contributed by atoms with Gasteiger partial charge in [-0.3, -0.25) is 4.79 Å². The third kappa shape index (κ3) is 4.86. The van der Waals surface area contributed by atoms with Crippen molar-refractivity contribution in [2.75, 3.05) is 18.4 Å². The molecule has 0 aromatic heterocycles. The molecule has 0 radical (unpaired) electrons. The maximum atomic E-state index is 11.9. The Morgan fingerprint density at radius 3 is 2.81 bits per heavy atom. The molecule has 1 heterocycles. The Morgan fingerprint density at radius 1 is 1.31 bits per heavy atom. The summed E-state index contributed by atoms with van der Waals surface area (Å²) in [7, 11) is 0. The fourth-order valence-corrected chi connectivity index (χ4v) is 2.71. The minimum absolute atomic E-state index is 0.384. The average molecular weight is 290 g/mol. The van der Waals surface area contributed by atoms with Crippen LogP contribution < -0.4 is 0 Å². The van der Waals surface area contributed by atoms with Crippen LogP contribution in [-0.2, 0) is 4.79 Å². The van der Waals surface area contributed by atoms with Crippen molar-refractivity contribution in [1.29, 1.82) is 0 Å². The second-order valence-electron chi connectivity index (χ2n) is 4.73. The Hall–Kier alpha value is -0.0500. The molecule has 2 nitrogen and oxygen atoms in total. The molecule has 1 fully saturated rings. The Morgan fingerprint density at radius 2 is 2.12 bits per heavy atom. The number of amides is 1. The summed E-state index contributed by atoms with van der Waals surface area (Å²) in [6.07, 6.45) is 7.93. The smallest absolute Gasteiger partial charge is 0.222 e. The van der Waals surface area contributed by atoms with Gasteiger partial charge in [-0.1, -0.05) is 35.7 Å². The lowest BCUT2D eigenvalue weighted by Crippen LogP contribution is -2.31. The van der Waals surface area contributed by atoms with Crippen molar-refractivity contribution < 1.29 is 4.79 Å². The van der Waals surface area contributed by atoms with Gasteiger partial charge in [0.15, 0.2) is 0 Å². The van der Waals surface area contributed by atoms with E-state index in [-0.39, 0.29) is 0 Å². The molecule has 0 spiro atoms. The van der Waals surface area contributed by atoms with Crippen LogP contribution in [0.3, 0.4) is 0 Å². The SMILES string of the molecule is CCC1CCC(=O)N(CCCCCBr)CC1. The number of nitrogens with zero attached hydrogens (tertiary/aromatic N) is 1. The van der Waals surface area contributed by atoms with Crippen LogP contribution in [0.25, 0.3) is 0 Å². The van der Waals surface area contributed by atoms with Crippen LogP contribution in [-0.4, -0.2) is 29.2 Å². The van der Waals surface area contributed by atoms with Gasteiger partial charge in [-0.15, -0.1) is 0 Å². The van der Waals surface area contributed by atoms with Gasteiger partial charge in [0.2, 0.25) is 5.91 Å². The highest BCUT2D eigenvalue weighted by molar-refractivity contribution is 9.09. The molecule has 1 rings (SSSR count). The molecule has 1 saturated heterocycles. The Bertz CT molecular complexity index is 208. The number of rotatable bonds is 6. The first-order valence-electron chi connectivity index (χ1n) is 6.61. The Balaban J connectivity index is 2.26. The minimum atomic E-state index is 0.384. The van der Waals surface area contributed by atoms with Crippen LogP contribution >= 0.6 is 15.9 Å². The highest BCUT2D eigenvalue weighted by atomic mass is 79.9. The molecule has 0 aromatic carbocycles. The molecule has 94 valence electrons. The molecular formula is C13H24BrNO. The number of carbonyl (C=O) groups is 1. The normalized spacial score (nSPS) is 22.2. The van der Waals surface area contributed by atoms with E-state index in [4.69, 9.17) is 0 Å². The quantitative estimate of drug-likeness (QED) is 0.541. The van der Waals surface area contributed by atoms with Crippen molar-refractivity contribution in [1.82, 2.24) is 4.90 Å². The second-order valence-corrected chi connectivity index (χ2v) is 5.53. The highest BCUT2D eigenvalue weighted by Gasteiger charge is 2.20. The topological polar surface area (TPSA) is 20.3 Å². The first kappa shape index (κ1) is 14.0. The zero-order chi connectivity index (χ0) is 11.8. The van der Waals surface area contributed by atoms with E-state index in [0.717, 1.165) is 43.6 Å². The number of hydrogen-bond donors (Lipinski definition) is 0. The third-order valence-corrected chi connectivity index (χ3v) is 4.13. The summed E-state index contributed by atoms with van der Waals surface area (Å²) in [4.78, 5) is 13.9. The molecule has 3 heteroatoms. The summed E-state index contributed by atoms with van der Waals surface area (Å²) in [5.74, 6) is 1.16. The van der Waals surface area contributed by atoms with E-state index in [9.17, 15) is 4.79 Å². The fraction of sp³-hybridized carbons (Fsp3) is 0.923. The first-order valence-corrected chi connectivity index (χ1v) is 7.73. The van der Waals surface area contributed by atoms with Crippen molar-refractivity contribution in [2.24, 2.45) is 5.92 Å². The van der Waals surface area contributed by atoms with E-state index >= 15 is 0 Å². The van der Waals surface area contributed by atoms with Gasteiger partial charge in [-0.05, 0) is 31.6 Å². The van der Waals surface area contributed by atoms with Gasteiger partial charge < -0.3 is 4.90 Å². The molecule has 1 unspecified atom stereocenters. The van der Waals surface area contributed by atoms with E-state index in [1.54, 1.807) is 0 Å². The molecule has 1 atom stereocenters. The van der Waals surface area contributed by atoms with Crippen LogP contribution in [0.2, 0.25) is 0 Å². The predicted octanol–water partition coefficient (Wildman–Crippen LogP) is 3.59. The minimum Gasteiger partial charge on any atom is -0.343 e. The molecule has 0 bridgehead atoms. The van der Waals surface area contributed by atoms with Crippen molar-refractivity contribution in [3.8, 4) is 0 Å². The number of carbonyl (C=O) groups excluding carboxylic acids is 1. The first-order chi connectivity index (χ1) is 7.77. The summed E-state index contributed by atoms with van der Waals surface area (Å²) >= 11 is 3.44. The largest absolute Gasteiger partial charge is 0.343 e. The zero-order valence-corrected chi connectivity index (χ0v) is 12.0. The number of likely N-dealkylation sites (tertiary alicyclic amines) is 1. The second kappa shape index (κ2) is 8.10. The predicted molar refractivity (Wildman–Crippen MR) is 71.9 cm³/mol. The maximum Gasteiger partial charge on any atom is 0.222 e. The van der Waals surface area contributed by atoms with E-state index in [1.807, 2.05) is 0 Å². The number of hydrogen-bond acceptors (Lipinski definition) is 1. The average Bonchev–Trinajstić information content (AvgIpc) is 2.47. The number of unbranched alkanes of at least 4 members (excludes halogenated alkanes) is 2. The van der Waals surface area contributed by atoms with Crippen LogP contribution in [0.15, 0.2) is 0 Å². The monoisotopic (exact) mass is 289 g/mol. The van der Waals surface area contributed by atoms with E-state index in [2.05, 4.69) is 27.8 Å². The summed E-state index contributed by atoms with van der Waals surface area (Å²) in [5.41, 5.74) is 0. The fourth-order valence-electron chi connectivity index (χ4n) is 2.31. The van der Waals surface area contributed by atoms with E-state index in [0.29, 0.717) is 5.91 Å². The van der Waals surface area contributed by atoms with E-state index in [1.165, 1.54) is 25.7 Å². The van der Waals surface area contributed by atoms with Gasteiger partial charge >= 0.3 is 0 Å². The van der Waals surface area contributed by atoms with Gasteiger partial charge in [-0.25, -0.2) is 0 Å². The van der Waals surface area contributed by atoms with Crippen LogP contribution in [0.4, 0.5) is 0 Å². The molecule has 1 aliphatic heterocycles. The van der Waals surface area contributed by atoms with Crippen molar-refractivity contribution in [2.45, 2.75) is 51.9 Å². The highest BCUT2D eigenvalue weighted by Crippen LogP contribution is 2.21. The third-order valence-electron chi connectivity index (χ3n) is 3.57. The summed E-state index contributed by atoms with van der Waals surface area (Å²) in [6, 6.07) is 0. The molecule has 1 amide bonds. The summed E-state index contributed by atoms with van der Waals surface area (Å²) < 4.78 is 0. The molecule has 0 saturated carbocycles. The lowest BCUT2D eigenvalue weighted by Gasteiger charge is -2.20. The van der Waals surface area contributed by atoms with Gasteiger partial charge in [0, 0.05) is 24.8 Å². The Labute approximate surface area is 108 Å². The molecule has 0 aromatic rings. The molecular weight excluding hydrogens is 266 g/mol. The van der Waals surface area contributed by atoms with Crippen molar-refractivity contribution >= 4 is 21.8 Å². The van der Waals surface area contributed by atoms with Gasteiger partial charge in [-0.2, -0.15) is 0 Å². The lowest BCUT2D eigenvalue weighted by atomic mass is 9.98. The van der Waals surface area contributed by atoms with E-state index < -0.39 is 0 Å². The number of halogens is 1. The van der Waals surface area contributed by atoms with Gasteiger partial charge in [0.05, 0.1) is 0 Å². The molecule has 1 aliphatic rings. The van der Waals surface area contributed by atoms with Crippen LogP contribution in [0.1, 0.15) is 51.9 Å². The molecule has 16 heavy (non-hydrogen) atoms. The lowest BCUT2D eigenvalue weighted by molar-refractivity contribution is -0.130. The summed E-state index contributed by atoms with van der Waals surface area (Å²) in [5, 5.41) is 1.08. The molecule has 0 N–H and O–H groups in total. The summed E-state index contributed by atoms with van der Waals surface area (Å²) in [6.45, 7) is 4.20. The molecule has 0 aliphatic carbocycles. The standard InChI is InChI=1S/C13H24BrNO/c1-2-12-6-7-13(16)15(11-8-12)10-5-3-4-9-14/h12H,2-11H2,1H3.